The third-order valence-electron chi connectivity index (χ3n) is 3.35. The van der Waals surface area contributed by atoms with Crippen molar-refractivity contribution in [3.05, 3.63) is 45.8 Å². The van der Waals surface area contributed by atoms with E-state index in [0.29, 0.717) is 12.5 Å². The molecule has 2 aromatic rings. The van der Waals surface area contributed by atoms with Gasteiger partial charge in [0.1, 0.15) is 6.61 Å². The Morgan fingerprint density at radius 3 is 2.78 bits per heavy atom. The summed E-state index contributed by atoms with van der Waals surface area (Å²) in [4.78, 5) is 15.2. The molecule has 5 nitrogen and oxygen atoms in total. The number of aliphatic imine (C=N–C) groups is 1. The van der Waals surface area contributed by atoms with Crippen molar-refractivity contribution in [2.45, 2.75) is 27.4 Å². The molecule has 6 heteroatoms. The van der Waals surface area contributed by atoms with E-state index in [1.807, 2.05) is 50.2 Å². The summed E-state index contributed by atoms with van der Waals surface area (Å²) in [7, 11) is 1.98. The lowest BCUT2D eigenvalue weighted by molar-refractivity contribution is 0.291. The zero-order chi connectivity index (χ0) is 16.8. The first kappa shape index (κ1) is 17.4. The lowest BCUT2D eigenvalue weighted by atomic mass is 10.3. The summed E-state index contributed by atoms with van der Waals surface area (Å²) < 4.78 is 6.57. The van der Waals surface area contributed by atoms with Gasteiger partial charge in [0.2, 0.25) is 5.88 Å². The Bertz CT molecular complexity index is 686. The molecule has 0 spiro atoms. The molecule has 0 aliphatic heterocycles. The molecule has 2 rings (SSSR count). The van der Waals surface area contributed by atoms with Crippen molar-refractivity contribution in [2.75, 3.05) is 13.6 Å². The second-order valence-electron chi connectivity index (χ2n) is 5.29. The van der Waals surface area contributed by atoms with Gasteiger partial charge in [-0.25, -0.2) is 9.98 Å². The smallest absolute Gasteiger partial charge is 0.228 e. The SMILES string of the molecule is CCN(C)C=Nc1cc(Br)c(OCc2ccc(C)nc2)nc1C. The van der Waals surface area contributed by atoms with Crippen LogP contribution in [0.2, 0.25) is 0 Å². The summed E-state index contributed by atoms with van der Waals surface area (Å²) in [5.41, 5.74) is 3.64. The number of rotatable bonds is 6. The molecule has 0 amide bonds. The van der Waals surface area contributed by atoms with Crippen LogP contribution in [0.25, 0.3) is 0 Å². The van der Waals surface area contributed by atoms with Gasteiger partial charge in [-0.05, 0) is 48.8 Å². The predicted molar refractivity (Wildman–Crippen MR) is 96.4 cm³/mol. The first-order valence-electron chi connectivity index (χ1n) is 7.45. The molecule has 0 atom stereocenters. The van der Waals surface area contributed by atoms with Crippen LogP contribution in [0.3, 0.4) is 0 Å². The molecular weight excluding hydrogens is 356 g/mol. The number of halogens is 1. The summed E-state index contributed by atoms with van der Waals surface area (Å²) in [6.07, 6.45) is 3.62. The van der Waals surface area contributed by atoms with E-state index in [-0.39, 0.29) is 0 Å². The highest BCUT2D eigenvalue weighted by molar-refractivity contribution is 9.10. The van der Waals surface area contributed by atoms with E-state index < -0.39 is 0 Å². The molecule has 0 aromatic carbocycles. The molecule has 2 heterocycles. The van der Waals surface area contributed by atoms with Crippen molar-refractivity contribution in [3.8, 4) is 5.88 Å². The second-order valence-corrected chi connectivity index (χ2v) is 6.15. The fourth-order valence-electron chi connectivity index (χ4n) is 1.76. The molecule has 2 aromatic heterocycles. The maximum atomic E-state index is 5.79. The monoisotopic (exact) mass is 376 g/mol. The average Bonchev–Trinajstić information content (AvgIpc) is 2.55. The maximum Gasteiger partial charge on any atom is 0.228 e. The Morgan fingerprint density at radius 1 is 1.35 bits per heavy atom. The Labute approximate surface area is 145 Å². The zero-order valence-electron chi connectivity index (χ0n) is 13.9. The average molecular weight is 377 g/mol. The number of ether oxygens (including phenoxy) is 1. The third-order valence-corrected chi connectivity index (χ3v) is 3.92. The van der Waals surface area contributed by atoms with Crippen LogP contribution in [0.15, 0.2) is 33.9 Å². The highest BCUT2D eigenvalue weighted by Crippen LogP contribution is 2.30. The summed E-state index contributed by atoms with van der Waals surface area (Å²) in [6.45, 7) is 7.29. The van der Waals surface area contributed by atoms with Crippen LogP contribution in [0.5, 0.6) is 5.88 Å². The van der Waals surface area contributed by atoms with Gasteiger partial charge in [-0.3, -0.25) is 4.98 Å². The van der Waals surface area contributed by atoms with Crippen LogP contribution in [0, 0.1) is 13.8 Å². The fourth-order valence-corrected chi connectivity index (χ4v) is 2.18. The molecule has 0 N–H and O–H groups in total. The zero-order valence-corrected chi connectivity index (χ0v) is 15.5. The molecular formula is C17H21BrN4O. The molecule has 0 saturated heterocycles. The number of aromatic nitrogens is 2. The van der Waals surface area contributed by atoms with E-state index in [4.69, 9.17) is 4.74 Å². The lowest BCUT2D eigenvalue weighted by Crippen LogP contribution is -2.14. The van der Waals surface area contributed by atoms with Crippen molar-refractivity contribution in [2.24, 2.45) is 4.99 Å². The molecule has 0 radical (unpaired) electrons. The van der Waals surface area contributed by atoms with E-state index in [1.165, 1.54) is 0 Å². The minimum atomic E-state index is 0.430. The Hall–Kier alpha value is -1.95. The van der Waals surface area contributed by atoms with Crippen LogP contribution in [-0.2, 0) is 6.61 Å². The molecule has 0 aliphatic rings. The van der Waals surface area contributed by atoms with Crippen LogP contribution in [0.4, 0.5) is 5.69 Å². The highest BCUT2D eigenvalue weighted by atomic mass is 79.9. The van der Waals surface area contributed by atoms with Gasteiger partial charge in [-0.2, -0.15) is 0 Å². The van der Waals surface area contributed by atoms with Crippen molar-refractivity contribution < 1.29 is 4.74 Å². The minimum absolute atomic E-state index is 0.430. The topological polar surface area (TPSA) is 50.6 Å². The molecule has 0 fully saturated rings. The first-order valence-corrected chi connectivity index (χ1v) is 8.24. The Morgan fingerprint density at radius 2 is 2.13 bits per heavy atom. The van der Waals surface area contributed by atoms with Gasteiger partial charge in [0.25, 0.3) is 0 Å². The van der Waals surface area contributed by atoms with E-state index in [2.05, 4.69) is 37.8 Å². The third kappa shape index (κ3) is 5.03. The van der Waals surface area contributed by atoms with Crippen LogP contribution in [0.1, 0.15) is 23.9 Å². The summed E-state index contributed by atoms with van der Waals surface area (Å²) in [5, 5.41) is 0. The van der Waals surface area contributed by atoms with Crippen molar-refractivity contribution in [1.82, 2.24) is 14.9 Å². The quantitative estimate of drug-likeness (QED) is 0.563. The largest absolute Gasteiger partial charge is 0.472 e. The Kier molecular flexibility index (Phi) is 6.10. The fraction of sp³-hybridized carbons (Fsp3) is 0.353. The van der Waals surface area contributed by atoms with Crippen molar-refractivity contribution >= 4 is 28.0 Å². The van der Waals surface area contributed by atoms with Gasteiger partial charge in [0.15, 0.2) is 0 Å². The number of hydrogen-bond acceptors (Lipinski definition) is 4. The van der Waals surface area contributed by atoms with Crippen molar-refractivity contribution in [1.29, 1.82) is 0 Å². The van der Waals surface area contributed by atoms with Gasteiger partial charge in [-0.15, -0.1) is 0 Å². The van der Waals surface area contributed by atoms with Gasteiger partial charge in [-0.1, -0.05) is 6.07 Å². The standard InChI is InChI=1S/C17H21BrN4O/c1-5-22(4)11-20-16-8-15(18)17(21-13(16)3)23-10-14-7-6-12(2)19-9-14/h6-9,11H,5,10H2,1-4H3. The molecule has 122 valence electrons. The summed E-state index contributed by atoms with van der Waals surface area (Å²) in [5.74, 6) is 0.561. The number of aryl methyl sites for hydroxylation is 2. The maximum absolute atomic E-state index is 5.79. The van der Waals surface area contributed by atoms with E-state index >= 15 is 0 Å². The normalized spacial score (nSPS) is 11.0. The molecule has 0 saturated carbocycles. The predicted octanol–water partition coefficient (Wildman–Crippen LogP) is 4.05. The van der Waals surface area contributed by atoms with E-state index in [1.54, 1.807) is 6.34 Å². The molecule has 0 unspecified atom stereocenters. The van der Waals surface area contributed by atoms with Gasteiger partial charge in [0.05, 0.1) is 22.2 Å². The number of hydrogen-bond donors (Lipinski definition) is 0. The van der Waals surface area contributed by atoms with Gasteiger partial charge < -0.3 is 9.64 Å². The molecule has 0 bridgehead atoms. The van der Waals surface area contributed by atoms with Crippen LogP contribution < -0.4 is 4.74 Å². The van der Waals surface area contributed by atoms with Gasteiger partial charge >= 0.3 is 0 Å². The molecule has 23 heavy (non-hydrogen) atoms. The molecule has 0 aliphatic carbocycles. The Balaban J connectivity index is 2.10. The first-order chi connectivity index (χ1) is 11.0. The highest BCUT2D eigenvalue weighted by Gasteiger charge is 2.08. The van der Waals surface area contributed by atoms with E-state index in [9.17, 15) is 0 Å². The number of pyridine rings is 2. The lowest BCUT2D eigenvalue weighted by Gasteiger charge is -2.11. The summed E-state index contributed by atoms with van der Waals surface area (Å²) >= 11 is 3.50. The van der Waals surface area contributed by atoms with Crippen molar-refractivity contribution in [3.63, 3.8) is 0 Å². The number of nitrogens with zero attached hydrogens (tertiary/aromatic N) is 4. The summed E-state index contributed by atoms with van der Waals surface area (Å²) in [6, 6.07) is 5.89. The van der Waals surface area contributed by atoms with Crippen LogP contribution >= 0.6 is 15.9 Å². The minimum Gasteiger partial charge on any atom is -0.472 e. The van der Waals surface area contributed by atoms with Gasteiger partial charge in [0, 0.05) is 31.0 Å². The second kappa shape index (κ2) is 8.06. The van der Waals surface area contributed by atoms with E-state index in [0.717, 1.165) is 33.7 Å². The van der Waals surface area contributed by atoms with Crippen LogP contribution in [-0.4, -0.2) is 34.8 Å².